The van der Waals surface area contributed by atoms with Crippen LogP contribution in [0.2, 0.25) is 0 Å². The summed E-state index contributed by atoms with van der Waals surface area (Å²) in [5.74, 6) is 1.61. The lowest BCUT2D eigenvalue weighted by molar-refractivity contribution is -0.137. The quantitative estimate of drug-likeness (QED) is 0.826. The molecule has 5 heteroatoms. The summed E-state index contributed by atoms with van der Waals surface area (Å²) in [6, 6.07) is 9.59. The summed E-state index contributed by atoms with van der Waals surface area (Å²) in [6.07, 6.45) is 7.21. The van der Waals surface area contributed by atoms with Gasteiger partial charge in [0.25, 0.3) is 0 Å². The molecule has 3 aliphatic rings. The summed E-state index contributed by atoms with van der Waals surface area (Å²) in [7, 11) is 1.70. The molecule has 0 amide bonds. The molecule has 5 nitrogen and oxygen atoms in total. The van der Waals surface area contributed by atoms with Gasteiger partial charge in [0.15, 0.2) is 0 Å². The highest BCUT2D eigenvalue weighted by Crippen LogP contribution is 2.44. The Bertz CT molecular complexity index is 645. The Kier molecular flexibility index (Phi) is 5.58. The van der Waals surface area contributed by atoms with Crippen LogP contribution in [0.15, 0.2) is 24.3 Å². The minimum absolute atomic E-state index is 0.275. The van der Waals surface area contributed by atoms with E-state index in [0.29, 0.717) is 18.0 Å². The van der Waals surface area contributed by atoms with E-state index < -0.39 is 5.97 Å². The van der Waals surface area contributed by atoms with Crippen LogP contribution in [0, 0.1) is 11.8 Å². The second-order valence-corrected chi connectivity index (χ2v) is 8.44. The van der Waals surface area contributed by atoms with Crippen molar-refractivity contribution in [3.05, 3.63) is 24.3 Å². The Morgan fingerprint density at radius 3 is 2.63 bits per heavy atom. The molecule has 1 N–H and O–H groups in total. The third-order valence-corrected chi connectivity index (χ3v) is 6.97. The van der Waals surface area contributed by atoms with Crippen LogP contribution in [0.5, 0.6) is 5.75 Å². The van der Waals surface area contributed by atoms with Gasteiger partial charge in [0.1, 0.15) is 5.75 Å². The first kappa shape index (κ1) is 18.6. The van der Waals surface area contributed by atoms with Crippen LogP contribution in [0.3, 0.4) is 0 Å². The lowest BCUT2D eigenvalue weighted by Gasteiger charge is -2.58. The van der Waals surface area contributed by atoms with Gasteiger partial charge >= 0.3 is 5.97 Å². The van der Waals surface area contributed by atoms with E-state index in [-0.39, 0.29) is 6.42 Å². The van der Waals surface area contributed by atoms with E-state index in [1.165, 1.54) is 44.5 Å². The van der Waals surface area contributed by atoms with Gasteiger partial charge in [-0.15, -0.1) is 0 Å². The summed E-state index contributed by atoms with van der Waals surface area (Å²) in [5.41, 5.74) is 1.26. The predicted octanol–water partition coefficient (Wildman–Crippen LogP) is 3.63. The maximum Gasteiger partial charge on any atom is 0.303 e. The SMILES string of the molecule is COc1ccc(N2C[C@@H]3CCCN4CCC[C@@H]([C@H]34)[C@H]2CCCC(=O)O)cc1. The van der Waals surface area contributed by atoms with Crippen molar-refractivity contribution < 1.29 is 14.6 Å². The molecule has 0 spiro atoms. The molecule has 0 radical (unpaired) electrons. The van der Waals surface area contributed by atoms with Crippen LogP contribution in [0.1, 0.15) is 44.9 Å². The summed E-state index contributed by atoms with van der Waals surface area (Å²) < 4.78 is 5.34. The van der Waals surface area contributed by atoms with Crippen molar-refractivity contribution in [2.45, 2.75) is 57.0 Å². The fraction of sp³-hybridized carbons (Fsp3) is 0.682. The van der Waals surface area contributed by atoms with Crippen LogP contribution in [-0.2, 0) is 4.79 Å². The minimum Gasteiger partial charge on any atom is -0.497 e. The zero-order chi connectivity index (χ0) is 18.8. The fourth-order valence-corrected chi connectivity index (χ4v) is 5.90. The number of rotatable bonds is 6. The molecule has 3 saturated heterocycles. The maximum absolute atomic E-state index is 11.1. The second-order valence-electron chi connectivity index (χ2n) is 8.44. The van der Waals surface area contributed by atoms with E-state index in [9.17, 15) is 4.79 Å². The highest BCUT2D eigenvalue weighted by molar-refractivity contribution is 5.66. The Morgan fingerprint density at radius 1 is 1.19 bits per heavy atom. The normalized spacial score (nSPS) is 30.6. The van der Waals surface area contributed by atoms with Gasteiger partial charge in [0.05, 0.1) is 7.11 Å². The topological polar surface area (TPSA) is 53.0 Å². The van der Waals surface area contributed by atoms with E-state index >= 15 is 0 Å². The second kappa shape index (κ2) is 8.09. The van der Waals surface area contributed by atoms with E-state index in [1.54, 1.807) is 7.11 Å². The maximum atomic E-state index is 11.1. The highest BCUT2D eigenvalue weighted by Gasteiger charge is 2.48. The Morgan fingerprint density at radius 2 is 1.93 bits per heavy atom. The number of piperidine rings is 3. The van der Waals surface area contributed by atoms with Gasteiger partial charge in [-0.05, 0) is 87.7 Å². The molecule has 148 valence electrons. The van der Waals surface area contributed by atoms with Crippen molar-refractivity contribution in [2.75, 3.05) is 31.6 Å². The molecule has 0 aliphatic carbocycles. The molecule has 3 fully saturated rings. The van der Waals surface area contributed by atoms with Crippen LogP contribution in [0.4, 0.5) is 5.69 Å². The van der Waals surface area contributed by atoms with Crippen molar-refractivity contribution in [2.24, 2.45) is 11.8 Å². The smallest absolute Gasteiger partial charge is 0.303 e. The fourth-order valence-electron chi connectivity index (χ4n) is 5.90. The van der Waals surface area contributed by atoms with Crippen LogP contribution >= 0.6 is 0 Å². The molecule has 1 aromatic carbocycles. The van der Waals surface area contributed by atoms with Gasteiger partial charge in [-0.3, -0.25) is 9.69 Å². The number of anilines is 1. The number of carboxylic acids is 1. The van der Waals surface area contributed by atoms with Gasteiger partial charge in [-0.25, -0.2) is 0 Å². The molecule has 0 saturated carbocycles. The molecule has 4 rings (SSSR count). The Labute approximate surface area is 162 Å². The van der Waals surface area contributed by atoms with Crippen LogP contribution in [-0.4, -0.2) is 54.8 Å². The number of hydrogen-bond acceptors (Lipinski definition) is 4. The molecule has 0 unspecified atom stereocenters. The number of benzene rings is 1. The molecule has 3 heterocycles. The molecular formula is C22H32N2O3. The third-order valence-electron chi connectivity index (χ3n) is 6.97. The lowest BCUT2D eigenvalue weighted by atomic mass is 9.69. The first-order valence-corrected chi connectivity index (χ1v) is 10.5. The number of nitrogens with zero attached hydrogens (tertiary/aromatic N) is 2. The minimum atomic E-state index is -0.678. The molecule has 1 aromatic rings. The summed E-state index contributed by atoms with van der Waals surface area (Å²) in [5, 5.41) is 9.11. The first-order chi connectivity index (χ1) is 13.2. The number of methoxy groups -OCH3 is 1. The van der Waals surface area contributed by atoms with Gasteiger partial charge in [-0.1, -0.05) is 0 Å². The van der Waals surface area contributed by atoms with Gasteiger partial charge < -0.3 is 14.7 Å². The molecule has 3 aliphatic heterocycles. The molecule has 0 aromatic heterocycles. The van der Waals surface area contributed by atoms with E-state index in [2.05, 4.69) is 21.9 Å². The average Bonchev–Trinajstić information content (AvgIpc) is 2.69. The highest BCUT2D eigenvalue weighted by atomic mass is 16.5. The molecular weight excluding hydrogens is 340 g/mol. The largest absolute Gasteiger partial charge is 0.497 e. The van der Waals surface area contributed by atoms with E-state index in [1.807, 2.05) is 12.1 Å². The first-order valence-electron chi connectivity index (χ1n) is 10.5. The van der Waals surface area contributed by atoms with Crippen molar-refractivity contribution in [3.8, 4) is 5.75 Å². The van der Waals surface area contributed by atoms with Gasteiger partial charge in [0.2, 0.25) is 0 Å². The molecule has 0 bridgehead atoms. The number of ether oxygens (including phenoxy) is 1. The van der Waals surface area contributed by atoms with Crippen molar-refractivity contribution in [1.29, 1.82) is 0 Å². The Balaban J connectivity index is 1.60. The monoisotopic (exact) mass is 372 g/mol. The van der Waals surface area contributed by atoms with E-state index in [4.69, 9.17) is 9.84 Å². The predicted molar refractivity (Wildman–Crippen MR) is 106 cm³/mol. The van der Waals surface area contributed by atoms with Crippen molar-refractivity contribution >= 4 is 11.7 Å². The molecule has 27 heavy (non-hydrogen) atoms. The van der Waals surface area contributed by atoms with Crippen molar-refractivity contribution in [1.82, 2.24) is 4.90 Å². The molecule has 4 atom stereocenters. The number of hydrogen-bond donors (Lipinski definition) is 1. The standard InChI is InChI=1S/C22H32N2O3/c1-27-18-11-9-17(10-12-18)24-15-16-5-3-13-23-14-4-6-19(22(16)23)20(24)7-2-8-21(25)26/h9-12,16,19-20,22H,2-8,13-15H2,1H3,(H,25,26)/t16-,19+,20+,22-/m0/s1. The number of carbonyl (C=O) groups is 1. The zero-order valence-electron chi connectivity index (χ0n) is 16.3. The number of carboxylic acid groups (broad SMARTS) is 1. The third kappa shape index (κ3) is 3.79. The Hall–Kier alpha value is -1.75. The number of aliphatic carboxylic acids is 1. The average molecular weight is 373 g/mol. The van der Waals surface area contributed by atoms with Crippen LogP contribution < -0.4 is 9.64 Å². The van der Waals surface area contributed by atoms with Gasteiger partial charge in [0, 0.05) is 30.7 Å². The lowest BCUT2D eigenvalue weighted by Crippen LogP contribution is -2.64. The van der Waals surface area contributed by atoms with Gasteiger partial charge in [-0.2, -0.15) is 0 Å². The summed E-state index contributed by atoms with van der Waals surface area (Å²) in [4.78, 5) is 16.4. The van der Waals surface area contributed by atoms with E-state index in [0.717, 1.165) is 31.1 Å². The zero-order valence-corrected chi connectivity index (χ0v) is 16.3. The van der Waals surface area contributed by atoms with Crippen LogP contribution in [0.25, 0.3) is 0 Å². The van der Waals surface area contributed by atoms with Crippen molar-refractivity contribution in [3.63, 3.8) is 0 Å². The summed E-state index contributed by atoms with van der Waals surface area (Å²) in [6.45, 7) is 3.60. The summed E-state index contributed by atoms with van der Waals surface area (Å²) >= 11 is 0.